The maximum absolute atomic E-state index is 11.6. The third kappa shape index (κ3) is 2.95. The van der Waals surface area contributed by atoms with E-state index in [-0.39, 0.29) is 24.1 Å². The molecule has 2 unspecified atom stereocenters. The summed E-state index contributed by atoms with van der Waals surface area (Å²) in [7, 11) is 2.84. The Kier molecular flexibility index (Phi) is 4.28. The molecule has 0 saturated carbocycles. The third-order valence-corrected chi connectivity index (χ3v) is 2.66. The molecule has 0 spiro atoms. The van der Waals surface area contributed by atoms with E-state index in [0.29, 0.717) is 5.76 Å². The van der Waals surface area contributed by atoms with Gasteiger partial charge >= 0.3 is 5.97 Å². The molecular weight excluding hydrogens is 208 g/mol. The average Bonchev–Trinajstić information content (AvgIpc) is 2.28. The molecule has 0 saturated heterocycles. The largest absolute Gasteiger partial charge is 0.497 e. The van der Waals surface area contributed by atoms with Crippen LogP contribution in [0.25, 0.3) is 0 Å². The number of allylic oxidation sites excluding steroid dienone is 3. The highest BCUT2D eigenvalue weighted by Gasteiger charge is 2.27. The molecule has 0 heterocycles. The molecule has 1 aliphatic carbocycles. The van der Waals surface area contributed by atoms with Crippen LogP contribution < -0.4 is 0 Å². The van der Waals surface area contributed by atoms with Gasteiger partial charge in [-0.3, -0.25) is 9.59 Å². The molecule has 0 aromatic carbocycles. The number of ketones is 1. The summed E-state index contributed by atoms with van der Waals surface area (Å²) < 4.78 is 9.69. The first kappa shape index (κ1) is 12.5. The van der Waals surface area contributed by atoms with E-state index in [1.54, 1.807) is 6.08 Å². The molecule has 0 fully saturated rings. The summed E-state index contributed by atoms with van der Waals surface area (Å²) in [5, 5.41) is 0. The average molecular weight is 224 g/mol. The Morgan fingerprint density at radius 3 is 2.69 bits per heavy atom. The Bertz CT molecular complexity index is 341. The molecule has 0 amide bonds. The van der Waals surface area contributed by atoms with Gasteiger partial charge < -0.3 is 9.47 Å². The summed E-state index contributed by atoms with van der Waals surface area (Å²) in [5.41, 5.74) is 0. The van der Waals surface area contributed by atoms with Crippen LogP contribution >= 0.6 is 0 Å². The highest BCUT2D eigenvalue weighted by molar-refractivity contribution is 5.93. The van der Waals surface area contributed by atoms with Gasteiger partial charge in [0.15, 0.2) is 5.78 Å². The fourth-order valence-electron chi connectivity index (χ4n) is 1.63. The Balaban J connectivity index is 2.91. The second kappa shape index (κ2) is 5.49. The number of methoxy groups -OCH3 is 2. The zero-order chi connectivity index (χ0) is 12.1. The lowest BCUT2D eigenvalue weighted by molar-refractivity contribution is -0.148. The van der Waals surface area contributed by atoms with Gasteiger partial charge in [0.25, 0.3) is 0 Å². The highest BCUT2D eigenvalue weighted by atomic mass is 16.5. The molecule has 88 valence electrons. The van der Waals surface area contributed by atoms with Crippen molar-refractivity contribution >= 4 is 11.8 Å². The van der Waals surface area contributed by atoms with Crippen LogP contribution in [0, 0.1) is 11.8 Å². The lowest BCUT2D eigenvalue weighted by Crippen LogP contribution is -2.25. The number of rotatable bonds is 2. The Labute approximate surface area is 94.9 Å². The zero-order valence-electron chi connectivity index (χ0n) is 9.73. The van der Waals surface area contributed by atoms with Crippen molar-refractivity contribution in [2.75, 3.05) is 14.2 Å². The van der Waals surface area contributed by atoms with Crippen LogP contribution in [-0.2, 0) is 19.1 Å². The summed E-state index contributed by atoms with van der Waals surface area (Å²) in [6.45, 7) is 1.88. The summed E-state index contributed by atoms with van der Waals surface area (Å²) in [6, 6.07) is 0. The number of hydrogen-bond donors (Lipinski definition) is 0. The van der Waals surface area contributed by atoms with E-state index in [2.05, 4.69) is 4.74 Å². The van der Waals surface area contributed by atoms with E-state index in [9.17, 15) is 9.59 Å². The van der Waals surface area contributed by atoms with E-state index in [1.807, 2.05) is 13.0 Å². The summed E-state index contributed by atoms with van der Waals surface area (Å²) in [5.74, 6) is -0.415. The van der Waals surface area contributed by atoms with E-state index in [1.165, 1.54) is 20.3 Å². The third-order valence-electron chi connectivity index (χ3n) is 2.66. The lowest BCUT2D eigenvalue weighted by atomic mass is 9.87. The Hall–Kier alpha value is -1.58. The van der Waals surface area contributed by atoms with Gasteiger partial charge in [0.1, 0.15) is 5.76 Å². The lowest BCUT2D eigenvalue weighted by Gasteiger charge is -2.19. The van der Waals surface area contributed by atoms with Crippen molar-refractivity contribution in [1.82, 2.24) is 0 Å². The number of esters is 1. The second-order valence-electron chi connectivity index (χ2n) is 3.77. The molecule has 0 N–H and O–H groups in total. The van der Waals surface area contributed by atoms with Crippen molar-refractivity contribution in [2.24, 2.45) is 11.8 Å². The fraction of sp³-hybridized carbons (Fsp3) is 0.500. The van der Waals surface area contributed by atoms with Gasteiger partial charge in [-0.05, 0) is 12.0 Å². The van der Waals surface area contributed by atoms with Crippen molar-refractivity contribution in [2.45, 2.75) is 13.3 Å². The quantitative estimate of drug-likeness (QED) is 0.666. The smallest absolute Gasteiger partial charge is 0.309 e. The number of hydrogen-bond acceptors (Lipinski definition) is 4. The van der Waals surface area contributed by atoms with Crippen molar-refractivity contribution < 1.29 is 19.1 Å². The molecule has 0 radical (unpaired) electrons. The fourth-order valence-corrected chi connectivity index (χ4v) is 1.63. The predicted octanol–water partition coefficient (Wildman–Crippen LogP) is 1.47. The topological polar surface area (TPSA) is 52.6 Å². The maximum atomic E-state index is 11.6. The molecular formula is C12H16O4. The number of ether oxygens (including phenoxy) is 2. The molecule has 0 aromatic rings. The minimum atomic E-state index is -0.414. The molecule has 0 aromatic heterocycles. The van der Waals surface area contributed by atoms with Crippen molar-refractivity contribution in [3.63, 3.8) is 0 Å². The van der Waals surface area contributed by atoms with Gasteiger partial charge in [-0.2, -0.15) is 0 Å². The van der Waals surface area contributed by atoms with Crippen molar-refractivity contribution in [1.29, 1.82) is 0 Å². The van der Waals surface area contributed by atoms with E-state index in [0.717, 1.165) is 0 Å². The molecule has 1 rings (SSSR count). The molecule has 1 aliphatic rings. The number of carbonyl (C=O) groups is 2. The van der Waals surface area contributed by atoms with E-state index < -0.39 is 5.92 Å². The predicted molar refractivity (Wildman–Crippen MR) is 58.5 cm³/mol. The van der Waals surface area contributed by atoms with E-state index >= 15 is 0 Å². The minimum absolute atomic E-state index is 0.0461. The Morgan fingerprint density at radius 2 is 2.12 bits per heavy atom. The first-order valence-electron chi connectivity index (χ1n) is 5.13. The van der Waals surface area contributed by atoms with Crippen LogP contribution in [0.1, 0.15) is 13.3 Å². The zero-order valence-corrected chi connectivity index (χ0v) is 9.73. The number of carbonyl (C=O) groups excluding carboxylic acids is 2. The molecule has 16 heavy (non-hydrogen) atoms. The molecule has 4 nitrogen and oxygen atoms in total. The summed E-state index contributed by atoms with van der Waals surface area (Å²) in [4.78, 5) is 23.1. The van der Waals surface area contributed by atoms with Crippen molar-refractivity contribution in [3.8, 4) is 0 Å². The SMILES string of the molecule is COC(=O)C1CC(=O)C=C(OC)C=CC1C. The summed E-state index contributed by atoms with van der Waals surface area (Å²) >= 11 is 0. The van der Waals surface area contributed by atoms with Gasteiger partial charge in [-0.15, -0.1) is 0 Å². The molecule has 4 heteroatoms. The van der Waals surface area contributed by atoms with Crippen LogP contribution in [0.15, 0.2) is 24.0 Å². The highest BCUT2D eigenvalue weighted by Crippen LogP contribution is 2.22. The van der Waals surface area contributed by atoms with Crippen LogP contribution in [0.2, 0.25) is 0 Å². The first-order valence-corrected chi connectivity index (χ1v) is 5.13. The monoisotopic (exact) mass is 224 g/mol. The molecule has 2 atom stereocenters. The van der Waals surface area contributed by atoms with Crippen LogP contribution in [0.5, 0.6) is 0 Å². The van der Waals surface area contributed by atoms with Gasteiger partial charge in [0, 0.05) is 12.5 Å². The van der Waals surface area contributed by atoms with E-state index in [4.69, 9.17) is 4.74 Å². The molecule has 0 bridgehead atoms. The van der Waals surface area contributed by atoms with Gasteiger partial charge in [0.05, 0.1) is 20.1 Å². The van der Waals surface area contributed by atoms with Crippen molar-refractivity contribution in [3.05, 3.63) is 24.0 Å². The second-order valence-corrected chi connectivity index (χ2v) is 3.77. The first-order chi connectivity index (χ1) is 7.58. The van der Waals surface area contributed by atoms with Crippen LogP contribution in [0.3, 0.4) is 0 Å². The van der Waals surface area contributed by atoms with Gasteiger partial charge in [0.2, 0.25) is 0 Å². The normalized spacial score (nSPS) is 25.4. The van der Waals surface area contributed by atoms with Crippen LogP contribution in [-0.4, -0.2) is 26.0 Å². The minimum Gasteiger partial charge on any atom is -0.497 e. The maximum Gasteiger partial charge on any atom is 0.309 e. The summed E-state index contributed by atoms with van der Waals surface area (Å²) in [6.07, 6.45) is 5.12. The molecule has 0 aliphatic heterocycles. The Morgan fingerprint density at radius 1 is 1.44 bits per heavy atom. The van der Waals surface area contributed by atoms with Gasteiger partial charge in [-0.1, -0.05) is 13.0 Å². The van der Waals surface area contributed by atoms with Crippen LogP contribution in [0.4, 0.5) is 0 Å². The standard InChI is InChI=1S/C12H16O4/c1-8-4-5-10(15-2)6-9(13)7-11(8)12(14)16-3/h4-6,8,11H,7H2,1-3H3. The van der Waals surface area contributed by atoms with Gasteiger partial charge in [-0.25, -0.2) is 0 Å².